The van der Waals surface area contributed by atoms with Crippen LogP contribution in [0.2, 0.25) is 0 Å². The summed E-state index contributed by atoms with van der Waals surface area (Å²) in [6.45, 7) is 0. The zero-order valence-electron chi connectivity index (χ0n) is 9.55. The molecular weight excluding hydrogens is 216 g/mol. The van der Waals surface area contributed by atoms with Crippen molar-refractivity contribution in [2.45, 2.75) is 24.8 Å². The van der Waals surface area contributed by atoms with E-state index in [9.17, 15) is 4.79 Å². The first-order valence-electron chi connectivity index (χ1n) is 5.64. The number of hydrogen-bond donors (Lipinski definition) is 0. The van der Waals surface area contributed by atoms with Gasteiger partial charge in [0, 0.05) is 7.05 Å². The summed E-state index contributed by atoms with van der Waals surface area (Å²) < 4.78 is 1.73. The van der Waals surface area contributed by atoms with Crippen molar-refractivity contribution in [3.05, 3.63) is 23.8 Å². The highest BCUT2D eigenvalue weighted by Gasteiger charge is 2.39. The third-order valence-electron chi connectivity index (χ3n) is 3.59. The number of aromatic nitrogens is 3. The molecule has 0 spiro atoms. The van der Waals surface area contributed by atoms with Crippen LogP contribution in [-0.4, -0.2) is 21.1 Å². The number of aryl methyl sites for hydroxylation is 1. The van der Waals surface area contributed by atoms with E-state index in [1.165, 1.54) is 0 Å². The maximum Gasteiger partial charge on any atom is 0.235 e. The molecule has 0 unspecified atom stereocenters. The second-order valence-corrected chi connectivity index (χ2v) is 4.50. The van der Waals surface area contributed by atoms with Gasteiger partial charge >= 0.3 is 0 Å². The van der Waals surface area contributed by atoms with Crippen molar-refractivity contribution in [2.75, 3.05) is 0 Å². The number of rotatable bonds is 2. The van der Waals surface area contributed by atoms with Crippen LogP contribution >= 0.6 is 0 Å². The van der Waals surface area contributed by atoms with Gasteiger partial charge in [-0.15, -0.1) is 5.10 Å². The van der Waals surface area contributed by atoms with Crippen LogP contribution in [-0.2, 0) is 17.4 Å². The van der Waals surface area contributed by atoms with E-state index in [4.69, 9.17) is 0 Å². The molecule has 1 fully saturated rings. The lowest BCUT2D eigenvalue weighted by Gasteiger charge is -2.37. The van der Waals surface area contributed by atoms with Gasteiger partial charge in [0.1, 0.15) is 5.52 Å². The molecule has 5 heteroatoms. The summed E-state index contributed by atoms with van der Waals surface area (Å²) in [6, 6.07) is 5.93. The Bertz CT molecular complexity index is 620. The fourth-order valence-corrected chi connectivity index (χ4v) is 2.38. The maximum absolute atomic E-state index is 10.5. The highest BCUT2D eigenvalue weighted by Crippen LogP contribution is 2.45. The molecule has 1 heterocycles. The van der Waals surface area contributed by atoms with Gasteiger partial charge in [-0.3, -0.25) is 0 Å². The summed E-state index contributed by atoms with van der Waals surface area (Å²) in [7, 11) is 1.86. The van der Waals surface area contributed by atoms with E-state index in [1.54, 1.807) is 10.8 Å². The Balaban J connectivity index is 2.16. The van der Waals surface area contributed by atoms with Gasteiger partial charge in [-0.1, -0.05) is 11.3 Å². The second kappa shape index (κ2) is 3.50. The SMILES string of the molecule is Cn1nnc2ccc(C3(N=C=O)CCC3)cc21. The summed E-state index contributed by atoms with van der Waals surface area (Å²) in [5.74, 6) is 0. The Labute approximate surface area is 98.1 Å². The number of isocyanates is 1. The van der Waals surface area contributed by atoms with E-state index in [1.807, 2.05) is 25.2 Å². The van der Waals surface area contributed by atoms with Crippen molar-refractivity contribution < 1.29 is 4.79 Å². The monoisotopic (exact) mass is 228 g/mol. The van der Waals surface area contributed by atoms with Crippen LogP contribution in [0.5, 0.6) is 0 Å². The third-order valence-corrected chi connectivity index (χ3v) is 3.59. The van der Waals surface area contributed by atoms with Gasteiger partial charge in [-0.05, 0) is 37.0 Å². The average molecular weight is 228 g/mol. The molecule has 3 rings (SSSR count). The normalized spacial score (nSPS) is 17.5. The second-order valence-electron chi connectivity index (χ2n) is 4.50. The van der Waals surface area contributed by atoms with E-state index in [0.717, 1.165) is 35.9 Å². The first-order valence-corrected chi connectivity index (χ1v) is 5.64. The Hall–Kier alpha value is -2.00. The number of nitrogens with zero attached hydrogens (tertiary/aromatic N) is 4. The van der Waals surface area contributed by atoms with E-state index in [0.29, 0.717) is 0 Å². The number of benzene rings is 1. The molecule has 86 valence electrons. The average Bonchev–Trinajstić information content (AvgIpc) is 2.65. The molecule has 0 saturated heterocycles. The number of fused-ring (bicyclic) bond motifs is 1. The van der Waals surface area contributed by atoms with Gasteiger partial charge in [-0.25, -0.2) is 9.48 Å². The smallest absolute Gasteiger partial charge is 0.235 e. The molecule has 0 amide bonds. The highest BCUT2D eigenvalue weighted by atomic mass is 16.1. The largest absolute Gasteiger partial charge is 0.248 e. The van der Waals surface area contributed by atoms with Crippen LogP contribution in [0.3, 0.4) is 0 Å². The molecule has 1 aliphatic rings. The van der Waals surface area contributed by atoms with Gasteiger partial charge in [-0.2, -0.15) is 4.99 Å². The van der Waals surface area contributed by atoms with E-state index in [2.05, 4.69) is 15.3 Å². The molecule has 1 aromatic carbocycles. The van der Waals surface area contributed by atoms with Gasteiger partial charge in [0.15, 0.2) is 0 Å². The van der Waals surface area contributed by atoms with Crippen molar-refractivity contribution in [3.8, 4) is 0 Å². The maximum atomic E-state index is 10.5. The minimum absolute atomic E-state index is 0.347. The van der Waals surface area contributed by atoms with Crippen molar-refractivity contribution in [1.29, 1.82) is 0 Å². The predicted molar refractivity (Wildman–Crippen MR) is 62.2 cm³/mol. The summed E-state index contributed by atoms with van der Waals surface area (Å²) in [6.07, 6.45) is 4.64. The Morgan fingerprint density at radius 1 is 1.47 bits per heavy atom. The van der Waals surface area contributed by atoms with Crippen LogP contribution in [0.25, 0.3) is 11.0 Å². The summed E-state index contributed by atoms with van der Waals surface area (Å²) in [5, 5.41) is 8.00. The Morgan fingerprint density at radius 3 is 2.94 bits per heavy atom. The van der Waals surface area contributed by atoms with Gasteiger partial charge in [0.2, 0.25) is 6.08 Å². The lowest BCUT2D eigenvalue weighted by molar-refractivity contribution is 0.256. The molecule has 1 saturated carbocycles. The van der Waals surface area contributed by atoms with Crippen LogP contribution in [0.15, 0.2) is 23.2 Å². The van der Waals surface area contributed by atoms with Crippen LogP contribution in [0.1, 0.15) is 24.8 Å². The molecule has 0 atom stereocenters. The summed E-state index contributed by atoms with van der Waals surface area (Å²) in [5.41, 5.74) is 2.54. The molecule has 5 nitrogen and oxygen atoms in total. The predicted octanol–water partition coefficient (Wildman–Crippen LogP) is 1.68. The zero-order chi connectivity index (χ0) is 11.9. The lowest BCUT2D eigenvalue weighted by Crippen LogP contribution is -2.31. The molecule has 1 aliphatic carbocycles. The zero-order valence-corrected chi connectivity index (χ0v) is 9.55. The van der Waals surface area contributed by atoms with Crippen molar-refractivity contribution >= 4 is 17.1 Å². The minimum Gasteiger partial charge on any atom is -0.248 e. The highest BCUT2D eigenvalue weighted by molar-refractivity contribution is 5.75. The fourth-order valence-electron chi connectivity index (χ4n) is 2.38. The van der Waals surface area contributed by atoms with Crippen LogP contribution < -0.4 is 0 Å². The first-order chi connectivity index (χ1) is 8.25. The Morgan fingerprint density at radius 2 is 2.29 bits per heavy atom. The number of carbonyl (C=O) groups excluding carboxylic acids is 1. The van der Waals surface area contributed by atoms with Crippen molar-refractivity contribution in [1.82, 2.24) is 15.0 Å². The summed E-state index contributed by atoms with van der Waals surface area (Å²) in [4.78, 5) is 14.5. The van der Waals surface area contributed by atoms with Crippen molar-refractivity contribution in [3.63, 3.8) is 0 Å². The van der Waals surface area contributed by atoms with Gasteiger partial charge in [0.25, 0.3) is 0 Å². The van der Waals surface area contributed by atoms with Crippen LogP contribution in [0, 0.1) is 0 Å². The number of hydrogen-bond acceptors (Lipinski definition) is 4. The molecule has 0 aliphatic heterocycles. The van der Waals surface area contributed by atoms with Crippen LogP contribution in [0.4, 0.5) is 0 Å². The Kier molecular flexibility index (Phi) is 2.09. The lowest BCUT2D eigenvalue weighted by atomic mass is 9.72. The van der Waals surface area contributed by atoms with Gasteiger partial charge in [0.05, 0.1) is 11.1 Å². The topological polar surface area (TPSA) is 60.1 Å². The minimum atomic E-state index is -0.347. The van der Waals surface area contributed by atoms with E-state index < -0.39 is 0 Å². The summed E-state index contributed by atoms with van der Waals surface area (Å²) >= 11 is 0. The van der Waals surface area contributed by atoms with E-state index >= 15 is 0 Å². The van der Waals surface area contributed by atoms with Crippen molar-refractivity contribution in [2.24, 2.45) is 12.0 Å². The molecule has 17 heavy (non-hydrogen) atoms. The standard InChI is InChI=1S/C12H12N4O/c1-16-11-7-9(3-4-10(11)14-15-16)12(13-8-17)5-2-6-12/h3-4,7H,2,5-6H2,1H3. The molecule has 0 bridgehead atoms. The van der Waals surface area contributed by atoms with E-state index in [-0.39, 0.29) is 5.54 Å². The molecule has 2 aromatic rings. The fraction of sp³-hybridized carbons (Fsp3) is 0.417. The molecule has 0 N–H and O–H groups in total. The van der Waals surface area contributed by atoms with Gasteiger partial charge < -0.3 is 0 Å². The molecular formula is C12H12N4O. The molecule has 0 radical (unpaired) electrons. The third kappa shape index (κ3) is 1.40. The molecule has 1 aromatic heterocycles. The number of aliphatic imine (C=N–C) groups is 1. The first kappa shape index (κ1) is 10.2. The quantitative estimate of drug-likeness (QED) is 0.580.